The Hall–Kier alpha value is -2.52. The van der Waals surface area contributed by atoms with Gasteiger partial charge in [0.05, 0.1) is 10.9 Å². The average Bonchev–Trinajstić information content (AvgIpc) is 2.39. The van der Waals surface area contributed by atoms with Crippen LogP contribution < -0.4 is 5.56 Å². The van der Waals surface area contributed by atoms with Gasteiger partial charge in [-0.3, -0.25) is 9.59 Å². The molecule has 0 amide bonds. The van der Waals surface area contributed by atoms with Crippen molar-refractivity contribution in [1.82, 2.24) is 9.78 Å². The largest absolute Gasteiger partial charge is 0.480 e. The van der Waals surface area contributed by atoms with Gasteiger partial charge in [-0.25, -0.2) is 13.5 Å². The van der Waals surface area contributed by atoms with E-state index < -0.39 is 52.7 Å². The second kappa shape index (κ2) is 5.35. The molecule has 2 rings (SSSR count). The predicted molar refractivity (Wildman–Crippen MR) is 63.6 cm³/mol. The third kappa shape index (κ3) is 2.90. The van der Waals surface area contributed by atoms with Crippen molar-refractivity contribution in [3.63, 3.8) is 0 Å². The monoisotopic (exact) mass is 322 g/mol. The minimum Gasteiger partial charge on any atom is -0.480 e. The fourth-order valence-electron chi connectivity index (χ4n) is 1.88. The number of alkyl halides is 5. The van der Waals surface area contributed by atoms with Crippen molar-refractivity contribution in [2.75, 3.05) is 0 Å². The molecular formula is C12H7F5N2O3. The molecule has 5 nitrogen and oxygen atoms in total. The molecule has 0 spiro atoms. The van der Waals surface area contributed by atoms with Crippen molar-refractivity contribution in [2.24, 2.45) is 0 Å². The molecule has 1 aromatic carbocycles. The van der Waals surface area contributed by atoms with Gasteiger partial charge < -0.3 is 5.11 Å². The molecule has 118 valence electrons. The first-order valence-corrected chi connectivity index (χ1v) is 5.73. The molecular weight excluding hydrogens is 315 g/mol. The van der Waals surface area contributed by atoms with E-state index in [4.69, 9.17) is 5.11 Å². The number of benzene rings is 1. The summed E-state index contributed by atoms with van der Waals surface area (Å²) in [6.45, 7) is -0.977. The van der Waals surface area contributed by atoms with Crippen LogP contribution in [0.5, 0.6) is 0 Å². The van der Waals surface area contributed by atoms with Crippen LogP contribution in [0, 0.1) is 0 Å². The highest BCUT2D eigenvalue weighted by atomic mass is 19.4. The van der Waals surface area contributed by atoms with Crippen LogP contribution in [0.15, 0.2) is 23.0 Å². The summed E-state index contributed by atoms with van der Waals surface area (Å²) in [5, 5.41) is 10.7. The fourth-order valence-corrected chi connectivity index (χ4v) is 1.88. The lowest BCUT2D eigenvalue weighted by molar-refractivity contribution is -0.138. The molecule has 0 aliphatic heterocycles. The average molecular weight is 322 g/mol. The molecule has 1 aromatic heterocycles. The summed E-state index contributed by atoms with van der Waals surface area (Å²) < 4.78 is 64.1. The number of hydrogen-bond donors (Lipinski definition) is 1. The molecule has 0 unspecified atom stereocenters. The molecule has 0 aliphatic carbocycles. The van der Waals surface area contributed by atoms with Gasteiger partial charge in [0, 0.05) is 5.39 Å². The summed E-state index contributed by atoms with van der Waals surface area (Å²) >= 11 is 0. The quantitative estimate of drug-likeness (QED) is 0.881. The van der Waals surface area contributed by atoms with Crippen molar-refractivity contribution >= 4 is 16.7 Å². The zero-order chi connectivity index (χ0) is 16.7. The number of halogens is 5. The molecule has 22 heavy (non-hydrogen) atoms. The Morgan fingerprint density at radius 3 is 2.41 bits per heavy atom. The van der Waals surface area contributed by atoms with Gasteiger partial charge >= 0.3 is 12.1 Å². The number of aliphatic carboxylic acids is 1. The van der Waals surface area contributed by atoms with E-state index in [2.05, 4.69) is 5.10 Å². The number of nitrogens with zero attached hydrogens (tertiary/aromatic N) is 2. The second-order valence-corrected chi connectivity index (χ2v) is 4.30. The fraction of sp³-hybridized carbons (Fsp3) is 0.250. The Kier molecular flexibility index (Phi) is 3.86. The summed E-state index contributed by atoms with van der Waals surface area (Å²) in [5.41, 5.74) is -3.35. The van der Waals surface area contributed by atoms with Crippen molar-refractivity contribution in [1.29, 1.82) is 0 Å². The number of aromatic nitrogens is 2. The molecule has 0 radical (unpaired) electrons. The van der Waals surface area contributed by atoms with Crippen molar-refractivity contribution in [3.05, 3.63) is 39.8 Å². The number of carbonyl (C=O) groups is 1. The Morgan fingerprint density at radius 1 is 1.27 bits per heavy atom. The topological polar surface area (TPSA) is 72.2 Å². The van der Waals surface area contributed by atoms with Crippen LogP contribution in [0.25, 0.3) is 10.8 Å². The number of carboxylic acids is 1. The first kappa shape index (κ1) is 15.9. The Bertz CT molecular complexity index is 798. The maximum absolute atomic E-state index is 13.0. The highest BCUT2D eigenvalue weighted by Gasteiger charge is 2.31. The van der Waals surface area contributed by atoms with Crippen molar-refractivity contribution in [3.8, 4) is 0 Å². The van der Waals surface area contributed by atoms with Gasteiger partial charge in [0.2, 0.25) is 0 Å². The zero-order valence-electron chi connectivity index (χ0n) is 10.6. The predicted octanol–water partition coefficient (Wildman–Crippen LogP) is 2.44. The van der Waals surface area contributed by atoms with E-state index in [-0.39, 0.29) is 4.68 Å². The lowest BCUT2D eigenvalue weighted by atomic mass is 10.1. The third-order valence-electron chi connectivity index (χ3n) is 2.81. The first-order valence-electron chi connectivity index (χ1n) is 5.73. The highest BCUT2D eigenvalue weighted by Crippen LogP contribution is 2.33. The van der Waals surface area contributed by atoms with Crippen LogP contribution in [0.2, 0.25) is 0 Å². The number of carboxylic acid groups (broad SMARTS) is 1. The SMILES string of the molecule is O=C(O)Cn1nc(C(F)F)c2cc(C(F)(F)F)ccc2c1=O. The van der Waals surface area contributed by atoms with Crippen LogP contribution >= 0.6 is 0 Å². The Morgan fingerprint density at radius 2 is 1.91 bits per heavy atom. The Labute approximate surface area is 118 Å². The zero-order valence-corrected chi connectivity index (χ0v) is 10.6. The molecule has 0 fully saturated rings. The molecule has 2 aromatic rings. The van der Waals surface area contributed by atoms with Crippen LogP contribution in [-0.4, -0.2) is 20.9 Å². The van der Waals surface area contributed by atoms with E-state index >= 15 is 0 Å². The van der Waals surface area contributed by atoms with E-state index in [0.717, 1.165) is 6.07 Å². The van der Waals surface area contributed by atoms with Gasteiger partial charge in [-0.1, -0.05) is 0 Å². The number of rotatable bonds is 3. The van der Waals surface area contributed by atoms with Crippen LogP contribution in [0.3, 0.4) is 0 Å². The van der Waals surface area contributed by atoms with Gasteiger partial charge in [0.1, 0.15) is 12.2 Å². The lowest BCUT2D eigenvalue weighted by Crippen LogP contribution is -2.28. The summed E-state index contributed by atoms with van der Waals surface area (Å²) in [5.74, 6) is -1.50. The van der Waals surface area contributed by atoms with E-state index in [1.54, 1.807) is 0 Å². The summed E-state index contributed by atoms with van der Waals surface area (Å²) in [7, 11) is 0. The summed E-state index contributed by atoms with van der Waals surface area (Å²) in [6.07, 6.45) is -8.05. The molecule has 10 heteroatoms. The molecule has 0 atom stereocenters. The van der Waals surface area contributed by atoms with Gasteiger partial charge in [-0.2, -0.15) is 18.3 Å². The van der Waals surface area contributed by atoms with Crippen LogP contribution in [0.4, 0.5) is 22.0 Å². The van der Waals surface area contributed by atoms with Crippen LogP contribution in [-0.2, 0) is 17.5 Å². The Balaban J connectivity index is 2.81. The van der Waals surface area contributed by atoms with Gasteiger partial charge in [-0.05, 0) is 18.2 Å². The van der Waals surface area contributed by atoms with Crippen LogP contribution in [0.1, 0.15) is 17.7 Å². The van der Waals surface area contributed by atoms with Crippen molar-refractivity contribution < 1.29 is 31.9 Å². The lowest BCUT2D eigenvalue weighted by Gasteiger charge is -2.12. The molecule has 0 aliphatic rings. The minimum absolute atomic E-state index is 0.277. The van der Waals surface area contributed by atoms with Gasteiger partial charge in [-0.15, -0.1) is 0 Å². The molecule has 0 saturated heterocycles. The van der Waals surface area contributed by atoms with Gasteiger partial charge in [0.25, 0.3) is 12.0 Å². The van der Waals surface area contributed by atoms with Crippen molar-refractivity contribution in [2.45, 2.75) is 19.1 Å². The first-order chi connectivity index (χ1) is 10.1. The molecule has 1 heterocycles. The minimum atomic E-state index is -4.77. The molecule has 1 N–H and O–H groups in total. The van der Waals surface area contributed by atoms with E-state index in [0.29, 0.717) is 12.1 Å². The smallest absolute Gasteiger partial charge is 0.416 e. The number of fused-ring (bicyclic) bond motifs is 1. The van der Waals surface area contributed by atoms with E-state index in [1.165, 1.54) is 0 Å². The standard InChI is InChI=1S/C12H7F5N2O3/c13-10(14)9-7-3-5(12(15,16)17)1-2-6(7)11(22)19(18-9)4-8(20)21/h1-3,10H,4H2,(H,20,21). The van der Waals surface area contributed by atoms with E-state index in [9.17, 15) is 31.5 Å². The summed E-state index contributed by atoms with van der Waals surface area (Å²) in [4.78, 5) is 22.5. The van der Waals surface area contributed by atoms with E-state index in [1.807, 2.05) is 0 Å². The summed E-state index contributed by atoms with van der Waals surface area (Å²) in [6, 6.07) is 1.69. The normalized spacial score (nSPS) is 12.1. The maximum atomic E-state index is 13.0. The third-order valence-corrected chi connectivity index (χ3v) is 2.81. The maximum Gasteiger partial charge on any atom is 0.416 e. The second-order valence-electron chi connectivity index (χ2n) is 4.30. The molecule has 0 bridgehead atoms. The number of hydrogen-bond acceptors (Lipinski definition) is 3. The highest BCUT2D eigenvalue weighted by molar-refractivity contribution is 5.84. The van der Waals surface area contributed by atoms with Gasteiger partial charge in [0.15, 0.2) is 0 Å². The molecule has 0 saturated carbocycles.